The average molecular weight is 794 g/mol. The molecular weight excluding hydrogens is 708 g/mol. The van der Waals surface area contributed by atoms with Crippen LogP contribution in [0.1, 0.15) is 166 Å². The molecule has 0 heterocycles. The van der Waals surface area contributed by atoms with Crippen molar-refractivity contribution in [1.29, 1.82) is 0 Å². The third kappa shape index (κ3) is 6.59. The van der Waals surface area contributed by atoms with Gasteiger partial charge in [-0.2, -0.15) is 0 Å². The lowest BCUT2D eigenvalue weighted by atomic mass is 9.43. The zero-order chi connectivity index (χ0) is 36.0. The van der Waals surface area contributed by atoms with E-state index in [1.807, 2.05) is 0 Å². The van der Waals surface area contributed by atoms with Gasteiger partial charge in [-0.3, -0.25) is 0 Å². The minimum Gasteiger partial charge on any atom is -0.396 e. The first-order chi connectivity index (χ1) is 23.6. The van der Waals surface area contributed by atoms with Crippen LogP contribution >= 0.6 is 15.9 Å². The van der Waals surface area contributed by atoms with Gasteiger partial charge >= 0.3 is 0 Å². The van der Waals surface area contributed by atoms with Crippen LogP contribution in [0.25, 0.3) is 0 Å². The Morgan fingerprint density at radius 1 is 0.577 bits per heavy atom. The number of hydrogen-bond donors (Lipinski definition) is 4. The average Bonchev–Trinajstić information content (AvgIpc) is 3.65. The highest BCUT2D eigenvalue weighted by Crippen LogP contribution is 2.70. The van der Waals surface area contributed by atoms with Gasteiger partial charge in [0.1, 0.15) is 0 Å². The van der Waals surface area contributed by atoms with Crippen LogP contribution in [-0.4, -0.2) is 50.7 Å². The molecule has 0 aromatic heterocycles. The molecule has 0 aromatic rings. The van der Waals surface area contributed by atoms with Crippen molar-refractivity contribution in [2.75, 3.05) is 11.9 Å². The fourth-order valence-corrected chi connectivity index (χ4v) is 17.2. The van der Waals surface area contributed by atoms with E-state index in [0.717, 1.165) is 67.0 Å². The topological polar surface area (TPSA) is 80.9 Å². The summed E-state index contributed by atoms with van der Waals surface area (Å²) in [5.41, 5.74) is 0.974. The number of aliphatic hydroxyl groups is 4. The van der Waals surface area contributed by atoms with E-state index >= 15 is 0 Å². The molecule has 8 aliphatic carbocycles. The molecule has 4 nitrogen and oxygen atoms in total. The van der Waals surface area contributed by atoms with Gasteiger partial charge in [-0.05, 0) is 195 Å². The lowest BCUT2D eigenvalue weighted by Gasteiger charge is -2.62. The lowest BCUT2D eigenvalue weighted by molar-refractivity contribution is -0.174. The summed E-state index contributed by atoms with van der Waals surface area (Å²) >= 11 is 3.71. The van der Waals surface area contributed by atoms with E-state index in [4.69, 9.17) is 0 Å². The van der Waals surface area contributed by atoms with Crippen LogP contribution in [0.2, 0.25) is 0 Å². The van der Waals surface area contributed by atoms with Gasteiger partial charge in [-0.1, -0.05) is 85.7 Å². The Hall–Kier alpha value is 0.320. The van der Waals surface area contributed by atoms with Gasteiger partial charge < -0.3 is 20.4 Å². The summed E-state index contributed by atoms with van der Waals surface area (Å²) in [5, 5.41) is 43.7. The van der Waals surface area contributed by atoms with E-state index in [9.17, 15) is 20.4 Å². The Bertz CT molecular complexity index is 1110. The number of halogens is 1. The molecule has 0 aromatic carbocycles. The Labute approximate surface area is 330 Å². The SMILES string of the molecule is C.C.C[C@@H]1CC[C@]2(C)C3C[C@H](O)[C@@]4(C)C(CC[C@@H]4[C@H](C)CO)C3CC[C@@H]2C1.C[C@H](CBr)[C@H]1CCC2C3CC[C@@H]4C[C@H](O)CC[C@]4(C)C3C[C@H](O)[C@@]21C. The molecule has 0 aliphatic heterocycles. The maximum atomic E-state index is 11.4. The fourth-order valence-electron chi connectivity index (χ4n) is 16.8. The van der Waals surface area contributed by atoms with Crippen molar-refractivity contribution in [2.24, 2.45) is 98.6 Å². The van der Waals surface area contributed by atoms with Gasteiger partial charge in [-0.25, -0.2) is 0 Å². The number of aliphatic hydroxyl groups excluding tert-OH is 4. The van der Waals surface area contributed by atoms with E-state index in [-0.39, 0.29) is 50.6 Å². The van der Waals surface area contributed by atoms with E-state index < -0.39 is 0 Å². The minimum atomic E-state index is -0.171. The zero-order valence-electron chi connectivity index (χ0n) is 33.1. The summed E-state index contributed by atoms with van der Waals surface area (Å²) in [7, 11) is 0. The smallest absolute Gasteiger partial charge is 0.0602 e. The second-order valence-electron chi connectivity index (χ2n) is 21.5. The Morgan fingerprint density at radius 3 is 1.52 bits per heavy atom. The second-order valence-corrected chi connectivity index (χ2v) is 22.2. The molecule has 0 spiro atoms. The molecule has 8 saturated carbocycles. The predicted octanol–water partition coefficient (Wildman–Crippen LogP) is 11.2. The molecule has 0 amide bonds. The van der Waals surface area contributed by atoms with Crippen molar-refractivity contribution in [3.63, 3.8) is 0 Å². The molecule has 4 N–H and O–H groups in total. The van der Waals surface area contributed by atoms with E-state index in [2.05, 4.69) is 64.4 Å². The monoisotopic (exact) mass is 793 g/mol. The molecule has 8 rings (SSSR count). The maximum absolute atomic E-state index is 11.4. The van der Waals surface area contributed by atoms with Gasteiger partial charge in [0.2, 0.25) is 0 Å². The highest BCUT2D eigenvalue weighted by atomic mass is 79.9. The van der Waals surface area contributed by atoms with Crippen LogP contribution in [0.5, 0.6) is 0 Å². The first kappa shape index (κ1) is 43.4. The van der Waals surface area contributed by atoms with Gasteiger partial charge in [0.15, 0.2) is 0 Å². The van der Waals surface area contributed by atoms with Crippen molar-refractivity contribution < 1.29 is 20.4 Å². The molecule has 8 aliphatic rings. The lowest BCUT2D eigenvalue weighted by Crippen LogP contribution is -2.58. The van der Waals surface area contributed by atoms with Crippen molar-refractivity contribution >= 4 is 15.9 Å². The second kappa shape index (κ2) is 15.9. The highest BCUT2D eigenvalue weighted by Gasteiger charge is 2.65. The standard InChI is InChI=1S/C23H40O2.C22H37BrO2.2CH4/c1-14-9-10-22(3)16(11-14)5-6-17-19-8-7-18(15(2)13-24)23(19,4)21(25)12-20(17)22;1-13(12-23)17-6-7-18-16-5-4-14-10-15(24)8-9-21(14,2)19(16)11-20(25)22(17,18)3;;/h14-21,24-25H,5-13H2,1-4H3;13-20,24-25H,4-12H2,1-3H3;2*1H4/t14-,15-,16-,17?,18-,19?,20?,21+,22+,23-;13-,14-,15-,16?,17-,18?,19?,20+,21+,22-;;/m11../s1. The van der Waals surface area contributed by atoms with Crippen LogP contribution in [0.15, 0.2) is 0 Å². The first-order valence-electron chi connectivity index (χ1n) is 21.8. The molecule has 52 heavy (non-hydrogen) atoms. The molecular formula is C47H85BrO4. The Balaban J connectivity index is 0.000000194. The molecule has 8 fully saturated rings. The van der Waals surface area contributed by atoms with Gasteiger partial charge in [0.25, 0.3) is 0 Å². The molecule has 6 unspecified atom stereocenters. The Kier molecular flexibility index (Phi) is 13.3. The number of rotatable bonds is 4. The fraction of sp³-hybridized carbons (Fsp3) is 1.00. The zero-order valence-corrected chi connectivity index (χ0v) is 34.7. The third-order valence-electron chi connectivity index (χ3n) is 19.8. The molecule has 0 radical (unpaired) electrons. The summed E-state index contributed by atoms with van der Waals surface area (Å²) < 4.78 is 0. The number of alkyl halides is 1. The van der Waals surface area contributed by atoms with E-state index in [1.54, 1.807) is 0 Å². The van der Waals surface area contributed by atoms with Crippen LogP contribution in [0.4, 0.5) is 0 Å². The molecule has 0 saturated heterocycles. The molecule has 0 bridgehead atoms. The summed E-state index contributed by atoms with van der Waals surface area (Å²) in [6.45, 7) is 17.2. The summed E-state index contributed by atoms with van der Waals surface area (Å²) in [6, 6.07) is 0. The van der Waals surface area contributed by atoms with Crippen molar-refractivity contribution in [2.45, 2.75) is 184 Å². The van der Waals surface area contributed by atoms with Crippen molar-refractivity contribution in [3.05, 3.63) is 0 Å². The van der Waals surface area contributed by atoms with Gasteiger partial charge in [-0.15, -0.1) is 0 Å². The predicted molar refractivity (Wildman–Crippen MR) is 221 cm³/mol. The molecule has 20 atom stereocenters. The quantitative estimate of drug-likeness (QED) is 0.214. The highest BCUT2D eigenvalue weighted by molar-refractivity contribution is 9.09. The summed E-state index contributed by atoms with van der Waals surface area (Å²) in [6.07, 6.45) is 19.5. The van der Waals surface area contributed by atoms with Gasteiger partial charge in [0.05, 0.1) is 18.3 Å². The molecule has 304 valence electrons. The largest absolute Gasteiger partial charge is 0.396 e. The number of hydrogen-bond acceptors (Lipinski definition) is 4. The number of fused-ring (bicyclic) bond motifs is 10. The van der Waals surface area contributed by atoms with E-state index in [1.165, 1.54) is 70.6 Å². The van der Waals surface area contributed by atoms with Crippen LogP contribution in [-0.2, 0) is 0 Å². The van der Waals surface area contributed by atoms with Crippen molar-refractivity contribution in [1.82, 2.24) is 0 Å². The first-order valence-corrected chi connectivity index (χ1v) is 23.0. The van der Waals surface area contributed by atoms with Crippen LogP contribution in [0.3, 0.4) is 0 Å². The summed E-state index contributed by atoms with van der Waals surface area (Å²) in [4.78, 5) is 0. The third-order valence-corrected chi connectivity index (χ3v) is 20.8. The summed E-state index contributed by atoms with van der Waals surface area (Å²) in [5.74, 6) is 9.00. The van der Waals surface area contributed by atoms with Crippen LogP contribution in [0, 0.1) is 98.6 Å². The maximum Gasteiger partial charge on any atom is 0.0602 e. The minimum absolute atomic E-state index is 0. The normalized spacial score (nSPS) is 54.5. The molecule has 5 heteroatoms. The van der Waals surface area contributed by atoms with Crippen LogP contribution < -0.4 is 0 Å². The van der Waals surface area contributed by atoms with Crippen molar-refractivity contribution in [3.8, 4) is 0 Å². The van der Waals surface area contributed by atoms with E-state index in [0.29, 0.717) is 58.2 Å². The Morgan fingerprint density at radius 2 is 1.04 bits per heavy atom. The van der Waals surface area contributed by atoms with Gasteiger partial charge in [0, 0.05) is 11.9 Å².